The number of hydrogen-bond acceptors (Lipinski definition) is 4. The van der Waals surface area contributed by atoms with Crippen molar-refractivity contribution in [3.63, 3.8) is 0 Å². The summed E-state index contributed by atoms with van der Waals surface area (Å²) in [4.78, 5) is 23.9. The van der Waals surface area contributed by atoms with Gasteiger partial charge in [-0.3, -0.25) is 9.59 Å². The Balaban J connectivity index is 1.69. The first kappa shape index (κ1) is 17.4. The molecular weight excluding hydrogens is 342 g/mol. The van der Waals surface area contributed by atoms with Gasteiger partial charge in [0.1, 0.15) is 0 Å². The van der Waals surface area contributed by atoms with Crippen LogP contribution < -0.4 is 5.32 Å². The van der Waals surface area contributed by atoms with Crippen LogP contribution >= 0.6 is 23.5 Å². The summed E-state index contributed by atoms with van der Waals surface area (Å²) in [6.45, 7) is 0. The van der Waals surface area contributed by atoms with E-state index in [2.05, 4.69) is 11.4 Å². The highest BCUT2D eigenvalue weighted by Gasteiger charge is 2.34. The third kappa shape index (κ3) is 4.16. The number of nitrogens with one attached hydrogen (secondary N) is 1. The van der Waals surface area contributed by atoms with Gasteiger partial charge in [-0.1, -0.05) is 24.3 Å². The van der Waals surface area contributed by atoms with Crippen molar-refractivity contribution in [1.29, 1.82) is 0 Å². The van der Waals surface area contributed by atoms with Crippen molar-refractivity contribution in [2.75, 3.05) is 16.8 Å². The average molecular weight is 364 g/mol. The minimum Gasteiger partial charge on any atom is -0.481 e. The van der Waals surface area contributed by atoms with Crippen LogP contribution in [0.25, 0.3) is 0 Å². The second-order valence-electron chi connectivity index (χ2n) is 6.04. The number of rotatable bonds is 4. The van der Waals surface area contributed by atoms with Crippen molar-refractivity contribution in [2.45, 2.75) is 23.8 Å². The van der Waals surface area contributed by atoms with Crippen LogP contribution in [0, 0.1) is 11.8 Å². The van der Waals surface area contributed by atoms with E-state index in [4.69, 9.17) is 0 Å². The first-order valence-corrected chi connectivity index (χ1v) is 10.3. The maximum atomic E-state index is 12.6. The molecule has 0 spiro atoms. The lowest BCUT2D eigenvalue weighted by Crippen LogP contribution is -2.34. The first-order valence-electron chi connectivity index (χ1n) is 8.17. The molecule has 4 nitrogen and oxygen atoms in total. The highest BCUT2D eigenvalue weighted by Crippen LogP contribution is 2.44. The van der Waals surface area contributed by atoms with Crippen molar-refractivity contribution in [1.82, 2.24) is 0 Å². The van der Waals surface area contributed by atoms with E-state index in [1.165, 1.54) is 23.5 Å². The molecule has 2 N–H and O–H groups in total. The summed E-state index contributed by atoms with van der Waals surface area (Å²) in [7, 11) is 0. The Kier molecular flexibility index (Phi) is 5.89. The van der Waals surface area contributed by atoms with E-state index in [0.29, 0.717) is 17.4 Å². The van der Waals surface area contributed by atoms with Crippen LogP contribution in [0.2, 0.25) is 0 Å². The molecule has 1 aromatic rings. The maximum absolute atomic E-state index is 12.6. The third-order valence-corrected chi connectivity index (χ3v) is 7.35. The van der Waals surface area contributed by atoms with Gasteiger partial charge in [0.15, 0.2) is 0 Å². The molecule has 1 aliphatic heterocycles. The monoisotopic (exact) mass is 363 g/mol. The molecule has 24 heavy (non-hydrogen) atoms. The molecule has 2 aliphatic rings. The van der Waals surface area contributed by atoms with E-state index in [1.54, 1.807) is 0 Å². The van der Waals surface area contributed by atoms with Crippen LogP contribution in [-0.2, 0) is 9.59 Å². The van der Waals surface area contributed by atoms with E-state index in [1.807, 2.05) is 53.9 Å². The number of aliphatic carboxylic acids is 1. The molecule has 1 amide bonds. The van der Waals surface area contributed by atoms with Gasteiger partial charge in [-0.15, -0.1) is 23.5 Å². The lowest BCUT2D eigenvalue weighted by Gasteiger charge is -2.25. The van der Waals surface area contributed by atoms with E-state index in [0.717, 1.165) is 5.69 Å². The number of benzene rings is 1. The molecule has 0 unspecified atom stereocenters. The molecule has 6 heteroatoms. The van der Waals surface area contributed by atoms with Gasteiger partial charge in [-0.05, 0) is 48.5 Å². The number of allylic oxidation sites excluding steroid dienone is 2. The SMILES string of the molecule is O=C(O)[C@H]1CC=CC[C@@H]1C(=O)Nc1cccc(C2SCCCS2)c1. The Morgan fingerprint density at radius 3 is 2.50 bits per heavy atom. The molecule has 1 aliphatic carbocycles. The number of amides is 1. The van der Waals surface area contributed by atoms with E-state index in [-0.39, 0.29) is 5.91 Å². The van der Waals surface area contributed by atoms with Crippen molar-refractivity contribution in [3.8, 4) is 0 Å². The molecular formula is C18H21NO3S2. The van der Waals surface area contributed by atoms with Gasteiger partial charge in [0, 0.05) is 5.69 Å². The first-order chi connectivity index (χ1) is 11.6. The molecule has 1 fully saturated rings. The summed E-state index contributed by atoms with van der Waals surface area (Å²) in [5.41, 5.74) is 1.96. The van der Waals surface area contributed by atoms with Gasteiger partial charge < -0.3 is 10.4 Å². The zero-order valence-corrected chi connectivity index (χ0v) is 14.9. The molecule has 0 saturated carbocycles. The summed E-state index contributed by atoms with van der Waals surface area (Å²) < 4.78 is 0.417. The standard InChI is InChI=1S/C18H21NO3S2/c20-16(14-7-1-2-8-15(14)17(21)22)19-13-6-3-5-12(11-13)18-23-9-4-10-24-18/h1-3,5-6,11,14-15,18H,4,7-10H2,(H,19,20)(H,21,22)/t14-,15-/m0/s1. The molecule has 0 aromatic heterocycles. The molecule has 2 atom stereocenters. The number of carboxylic acids is 1. The van der Waals surface area contributed by atoms with Crippen LogP contribution in [0.3, 0.4) is 0 Å². The summed E-state index contributed by atoms with van der Waals surface area (Å²) in [5.74, 6) is 0.0969. The number of carbonyl (C=O) groups is 2. The summed E-state index contributed by atoms with van der Waals surface area (Å²) in [5, 5.41) is 12.2. The van der Waals surface area contributed by atoms with Gasteiger partial charge in [-0.25, -0.2) is 0 Å². The van der Waals surface area contributed by atoms with E-state index >= 15 is 0 Å². The average Bonchev–Trinajstić information content (AvgIpc) is 2.62. The molecule has 3 rings (SSSR count). The maximum Gasteiger partial charge on any atom is 0.307 e. The normalized spacial score (nSPS) is 24.5. The summed E-state index contributed by atoms with van der Waals surface area (Å²) in [6.07, 6.45) is 5.89. The minimum atomic E-state index is -0.900. The summed E-state index contributed by atoms with van der Waals surface area (Å²) in [6, 6.07) is 7.93. The molecule has 0 radical (unpaired) electrons. The molecule has 128 valence electrons. The molecule has 1 heterocycles. The van der Waals surface area contributed by atoms with Crippen LogP contribution in [0.15, 0.2) is 36.4 Å². The predicted octanol–water partition coefficient (Wildman–Crippen LogP) is 4.16. The quantitative estimate of drug-likeness (QED) is 0.786. The third-order valence-electron chi connectivity index (χ3n) is 4.34. The largest absolute Gasteiger partial charge is 0.481 e. The Morgan fingerprint density at radius 1 is 1.08 bits per heavy atom. The lowest BCUT2D eigenvalue weighted by molar-refractivity contribution is -0.146. The molecule has 0 bridgehead atoms. The lowest BCUT2D eigenvalue weighted by atomic mass is 9.82. The van der Waals surface area contributed by atoms with Crippen molar-refractivity contribution in [2.24, 2.45) is 11.8 Å². The number of carboxylic acid groups (broad SMARTS) is 1. The minimum absolute atomic E-state index is 0.201. The van der Waals surface area contributed by atoms with Gasteiger partial charge in [0.05, 0.1) is 16.4 Å². The molecule has 1 saturated heterocycles. The van der Waals surface area contributed by atoms with Crippen LogP contribution in [-0.4, -0.2) is 28.5 Å². The van der Waals surface area contributed by atoms with Crippen LogP contribution in [0.1, 0.15) is 29.4 Å². The number of hydrogen-bond donors (Lipinski definition) is 2. The Bertz CT molecular complexity index is 641. The van der Waals surface area contributed by atoms with E-state index < -0.39 is 17.8 Å². The Labute approximate surface area is 150 Å². The fraction of sp³-hybridized carbons (Fsp3) is 0.444. The number of carbonyl (C=O) groups excluding carboxylic acids is 1. The summed E-state index contributed by atoms with van der Waals surface area (Å²) >= 11 is 3.88. The van der Waals surface area contributed by atoms with Crippen LogP contribution in [0.4, 0.5) is 5.69 Å². The fourth-order valence-corrected chi connectivity index (χ4v) is 5.93. The highest BCUT2D eigenvalue weighted by atomic mass is 32.2. The van der Waals surface area contributed by atoms with Crippen molar-refractivity contribution < 1.29 is 14.7 Å². The zero-order valence-electron chi connectivity index (χ0n) is 13.3. The van der Waals surface area contributed by atoms with E-state index in [9.17, 15) is 14.7 Å². The highest BCUT2D eigenvalue weighted by molar-refractivity contribution is 8.16. The molecule has 1 aromatic carbocycles. The van der Waals surface area contributed by atoms with Gasteiger partial charge in [0.25, 0.3) is 0 Å². The van der Waals surface area contributed by atoms with Gasteiger partial charge >= 0.3 is 5.97 Å². The Hall–Kier alpha value is -1.40. The van der Waals surface area contributed by atoms with Crippen molar-refractivity contribution in [3.05, 3.63) is 42.0 Å². The second kappa shape index (κ2) is 8.12. The topological polar surface area (TPSA) is 66.4 Å². The number of thioether (sulfide) groups is 2. The van der Waals surface area contributed by atoms with Crippen molar-refractivity contribution >= 4 is 41.1 Å². The van der Waals surface area contributed by atoms with Crippen LogP contribution in [0.5, 0.6) is 0 Å². The zero-order chi connectivity index (χ0) is 16.9. The smallest absolute Gasteiger partial charge is 0.307 e. The van der Waals surface area contributed by atoms with Gasteiger partial charge in [-0.2, -0.15) is 0 Å². The second-order valence-corrected chi connectivity index (χ2v) is 8.76. The Morgan fingerprint density at radius 2 is 1.79 bits per heavy atom. The van der Waals surface area contributed by atoms with Gasteiger partial charge in [0.2, 0.25) is 5.91 Å². The number of anilines is 1. The fourth-order valence-electron chi connectivity index (χ4n) is 3.06. The predicted molar refractivity (Wildman–Crippen MR) is 100 cm³/mol.